The van der Waals surface area contributed by atoms with Gasteiger partial charge in [0.25, 0.3) is 0 Å². The lowest BCUT2D eigenvalue weighted by molar-refractivity contribution is 0.288. The van der Waals surface area contributed by atoms with E-state index in [9.17, 15) is 0 Å². The Morgan fingerprint density at radius 3 is 2.32 bits per heavy atom. The van der Waals surface area contributed by atoms with Crippen LogP contribution in [-0.2, 0) is 13.1 Å². The Bertz CT molecular complexity index is 742. The Balaban J connectivity index is 0.00000392. The summed E-state index contributed by atoms with van der Waals surface area (Å²) in [4.78, 5) is 10.2. The van der Waals surface area contributed by atoms with Gasteiger partial charge >= 0.3 is 0 Å². The number of guanidine groups is 1. The van der Waals surface area contributed by atoms with Crippen molar-refractivity contribution in [2.45, 2.75) is 33.9 Å². The molecule has 0 aliphatic carbocycles. The van der Waals surface area contributed by atoms with Crippen molar-refractivity contribution >= 4 is 41.3 Å². The van der Waals surface area contributed by atoms with Gasteiger partial charge in [-0.15, -0.1) is 35.3 Å². The van der Waals surface area contributed by atoms with E-state index in [1.807, 2.05) is 39.1 Å². The molecule has 0 saturated heterocycles. The molecule has 2 aromatic rings. The maximum atomic E-state index is 5.64. The van der Waals surface area contributed by atoms with Crippen molar-refractivity contribution in [1.82, 2.24) is 15.6 Å². The fraction of sp³-hybridized carbons (Fsp3) is 0.474. The van der Waals surface area contributed by atoms with Gasteiger partial charge < -0.3 is 24.8 Å². The highest BCUT2D eigenvalue weighted by Gasteiger charge is 2.14. The van der Waals surface area contributed by atoms with Gasteiger partial charge in [-0.2, -0.15) is 0 Å². The third-order valence-electron chi connectivity index (χ3n) is 3.65. The predicted octanol–water partition coefficient (Wildman–Crippen LogP) is 3.74. The topological polar surface area (TPSA) is 77.0 Å². The van der Waals surface area contributed by atoms with Gasteiger partial charge in [-0.1, -0.05) is 0 Å². The second-order valence-electron chi connectivity index (χ2n) is 5.68. The number of aliphatic imine (C=N–C) groups is 1. The van der Waals surface area contributed by atoms with Crippen molar-refractivity contribution in [1.29, 1.82) is 0 Å². The van der Waals surface area contributed by atoms with Crippen molar-refractivity contribution in [3.8, 4) is 17.2 Å². The molecule has 0 spiro atoms. The van der Waals surface area contributed by atoms with E-state index >= 15 is 0 Å². The van der Waals surface area contributed by atoms with Gasteiger partial charge in [-0.3, -0.25) is 0 Å². The molecule has 0 radical (unpaired) electrons. The van der Waals surface area contributed by atoms with E-state index in [1.165, 1.54) is 4.88 Å². The van der Waals surface area contributed by atoms with E-state index in [0.717, 1.165) is 23.1 Å². The molecular weight excluding hydrogens is 491 g/mol. The third kappa shape index (κ3) is 7.01. The molecule has 0 atom stereocenters. The second kappa shape index (κ2) is 12.7. The first-order valence-corrected chi connectivity index (χ1v) is 9.74. The molecule has 28 heavy (non-hydrogen) atoms. The number of halogens is 1. The number of rotatable bonds is 9. The lowest BCUT2D eigenvalue weighted by Crippen LogP contribution is -2.36. The first kappa shape index (κ1) is 24.3. The van der Waals surface area contributed by atoms with Gasteiger partial charge in [0.2, 0.25) is 5.75 Å². The minimum Gasteiger partial charge on any atom is -0.493 e. The Morgan fingerprint density at radius 2 is 1.82 bits per heavy atom. The first-order chi connectivity index (χ1) is 13.1. The third-order valence-corrected chi connectivity index (χ3v) is 4.56. The SMILES string of the molecule is CCNC(=NCc1cc(OC)c(OCC)c(OC)c1)NCc1ncc(C)s1.I. The van der Waals surface area contributed by atoms with Crippen LogP contribution in [0.3, 0.4) is 0 Å². The fourth-order valence-electron chi connectivity index (χ4n) is 2.47. The van der Waals surface area contributed by atoms with Crippen LogP contribution in [0.4, 0.5) is 0 Å². The number of hydrogen-bond acceptors (Lipinski definition) is 6. The molecule has 0 aliphatic heterocycles. The van der Waals surface area contributed by atoms with Crippen LogP contribution >= 0.6 is 35.3 Å². The molecule has 0 saturated carbocycles. The molecule has 0 unspecified atom stereocenters. The number of benzene rings is 1. The highest BCUT2D eigenvalue weighted by Crippen LogP contribution is 2.38. The van der Waals surface area contributed by atoms with Crippen molar-refractivity contribution in [3.05, 3.63) is 33.8 Å². The summed E-state index contributed by atoms with van der Waals surface area (Å²) in [5, 5.41) is 7.59. The van der Waals surface area contributed by atoms with Gasteiger partial charge in [-0.25, -0.2) is 9.98 Å². The summed E-state index contributed by atoms with van der Waals surface area (Å²) in [6, 6.07) is 3.84. The molecule has 0 aliphatic rings. The van der Waals surface area contributed by atoms with E-state index in [-0.39, 0.29) is 24.0 Å². The summed E-state index contributed by atoms with van der Waals surface area (Å²) in [7, 11) is 3.23. The van der Waals surface area contributed by atoms with Crippen molar-refractivity contribution in [3.63, 3.8) is 0 Å². The minimum atomic E-state index is 0. The van der Waals surface area contributed by atoms with E-state index in [0.29, 0.717) is 36.9 Å². The van der Waals surface area contributed by atoms with Gasteiger partial charge in [0.05, 0.1) is 33.9 Å². The van der Waals surface area contributed by atoms with E-state index in [1.54, 1.807) is 25.6 Å². The maximum absolute atomic E-state index is 5.64. The summed E-state index contributed by atoms with van der Waals surface area (Å²) in [6.07, 6.45) is 1.88. The Kier molecular flexibility index (Phi) is 11.0. The average Bonchev–Trinajstić information content (AvgIpc) is 3.09. The Hall–Kier alpha value is -1.75. The predicted molar refractivity (Wildman–Crippen MR) is 125 cm³/mol. The molecule has 0 fully saturated rings. The molecule has 156 valence electrons. The molecule has 1 heterocycles. The Morgan fingerprint density at radius 1 is 1.14 bits per heavy atom. The number of aryl methyl sites for hydroxylation is 1. The van der Waals surface area contributed by atoms with Crippen LogP contribution in [0.15, 0.2) is 23.3 Å². The van der Waals surface area contributed by atoms with Crippen LogP contribution in [0.1, 0.15) is 29.3 Å². The zero-order chi connectivity index (χ0) is 19.6. The standard InChI is InChI=1S/C19H28N4O3S.HI/c1-6-20-19(23-12-17-21-10-13(3)27-17)22-11-14-8-15(24-4)18(26-7-2)16(9-14)25-5;/h8-10H,6-7,11-12H2,1-5H3,(H2,20,22,23);1H. The fourth-order valence-corrected chi connectivity index (χ4v) is 3.19. The highest BCUT2D eigenvalue weighted by atomic mass is 127. The van der Waals surface area contributed by atoms with Crippen LogP contribution in [0.2, 0.25) is 0 Å². The zero-order valence-electron chi connectivity index (χ0n) is 17.0. The van der Waals surface area contributed by atoms with Crippen LogP contribution in [0.25, 0.3) is 0 Å². The van der Waals surface area contributed by atoms with Gasteiger partial charge in [-0.05, 0) is 38.5 Å². The summed E-state index contributed by atoms with van der Waals surface area (Å²) in [6.45, 7) is 8.44. The van der Waals surface area contributed by atoms with Crippen LogP contribution < -0.4 is 24.8 Å². The van der Waals surface area contributed by atoms with Gasteiger partial charge in [0.1, 0.15) is 5.01 Å². The number of nitrogens with zero attached hydrogens (tertiary/aromatic N) is 2. The lowest BCUT2D eigenvalue weighted by Gasteiger charge is -2.15. The van der Waals surface area contributed by atoms with Gasteiger partial charge in [0.15, 0.2) is 17.5 Å². The molecule has 2 N–H and O–H groups in total. The molecule has 7 nitrogen and oxygen atoms in total. The number of nitrogens with one attached hydrogen (secondary N) is 2. The number of ether oxygens (including phenoxy) is 3. The number of methoxy groups -OCH3 is 2. The lowest BCUT2D eigenvalue weighted by atomic mass is 10.2. The molecular formula is C19H29IN4O3S. The van der Waals surface area contributed by atoms with Crippen LogP contribution in [0, 0.1) is 6.92 Å². The molecule has 0 amide bonds. The van der Waals surface area contributed by atoms with Crippen molar-refractivity contribution in [2.24, 2.45) is 4.99 Å². The zero-order valence-corrected chi connectivity index (χ0v) is 20.1. The molecule has 9 heteroatoms. The molecule has 2 rings (SSSR count). The number of aromatic nitrogens is 1. The summed E-state index contributed by atoms with van der Waals surface area (Å²) in [5.41, 5.74) is 0.967. The normalized spacial score (nSPS) is 10.8. The number of thiazole rings is 1. The molecule has 1 aromatic heterocycles. The smallest absolute Gasteiger partial charge is 0.203 e. The first-order valence-electron chi connectivity index (χ1n) is 8.92. The van der Waals surface area contributed by atoms with E-state index in [4.69, 9.17) is 14.2 Å². The number of hydrogen-bond donors (Lipinski definition) is 2. The average molecular weight is 520 g/mol. The molecule has 0 bridgehead atoms. The summed E-state index contributed by atoms with van der Waals surface area (Å²) in [5.74, 6) is 2.62. The van der Waals surface area contributed by atoms with Gasteiger partial charge in [0, 0.05) is 17.6 Å². The summed E-state index contributed by atoms with van der Waals surface area (Å²) < 4.78 is 16.5. The van der Waals surface area contributed by atoms with E-state index < -0.39 is 0 Å². The highest BCUT2D eigenvalue weighted by molar-refractivity contribution is 14.0. The summed E-state index contributed by atoms with van der Waals surface area (Å²) >= 11 is 1.67. The minimum absolute atomic E-state index is 0. The van der Waals surface area contributed by atoms with Crippen LogP contribution in [0.5, 0.6) is 17.2 Å². The second-order valence-corrected chi connectivity index (χ2v) is 7.00. The monoisotopic (exact) mass is 520 g/mol. The van der Waals surface area contributed by atoms with Crippen LogP contribution in [-0.4, -0.2) is 38.3 Å². The maximum Gasteiger partial charge on any atom is 0.203 e. The Labute approximate surface area is 187 Å². The van der Waals surface area contributed by atoms with E-state index in [2.05, 4.69) is 20.6 Å². The largest absolute Gasteiger partial charge is 0.493 e. The molecule has 1 aromatic carbocycles. The van der Waals surface area contributed by atoms with Crippen molar-refractivity contribution < 1.29 is 14.2 Å². The quantitative estimate of drug-likeness (QED) is 0.298. The van der Waals surface area contributed by atoms with Crippen molar-refractivity contribution in [2.75, 3.05) is 27.4 Å².